The van der Waals surface area contributed by atoms with Crippen LogP contribution in [0.1, 0.15) is 25.0 Å². The first-order chi connectivity index (χ1) is 10.4. The number of para-hydroxylation sites is 1. The Labute approximate surface area is 135 Å². The smallest absolute Gasteiger partial charge is 0.224 e. The second-order valence-electron chi connectivity index (χ2n) is 5.98. The fourth-order valence-electron chi connectivity index (χ4n) is 2.23. The minimum absolute atomic E-state index is 0.114. The Hall–Kier alpha value is -2.00. The minimum atomic E-state index is -0.223. The topological polar surface area (TPSA) is 49.3 Å². The van der Waals surface area contributed by atoms with Crippen LogP contribution in [0, 0.1) is 0 Å². The number of phenols is 1. The van der Waals surface area contributed by atoms with E-state index >= 15 is 0 Å². The fraction of sp³-hybridized carbons (Fsp3) is 0.278. The summed E-state index contributed by atoms with van der Waals surface area (Å²) in [5.74, 6) is 0.0309. The summed E-state index contributed by atoms with van der Waals surface area (Å²) in [6.45, 7) is 4.61. The number of rotatable bonds is 5. The zero-order chi connectivity index (χ0) is 16.2. The van der Waals surface area contributed by atoms with E-state index in [0.717, 1.165) is 5.56 Å². The highest BCUT2D eigenvalue weighted by atomic mass is 35.5. The molecule has 0 aliphatic carbocycles. The van der Waals surface area contributed by atoms with Crippen LogP contribution in [0.15, 0.2) is 48.5 Å². The van der Waals surface area contributed by atoms with Crippen LogP contribution in [-0.4, -0.2) is 17.6 Å². The lowest BCUT2D eigenvalue weighted by molar-refractivity contribution is -0.120. The molecule has 1 amide bonds. The van der Waals surface area contributed by atoms with Crippen molar-refractivity contribution in [2.45, 2.75) is 25.7 Å². The van der Waals surface area contributed by atoms with Gasteiger partial charge in [0, 0.05) is 22.5 Å². The standard InChI is InChI=1S/C18H20ClNO2/c1-18(2,14-7-5-8-15(19)11-14)12-20-17(22)10-13-6-3-4-9-16(13)21/h3-9,11,21H,10,12H2,1-2H3,(H,20,22). The van der Waals surface area contributed by atoms with Crippen LogP contribution in [0.2, 0.25) is 5.02 Å². The van der Waals surface area contributed by atoms with Crippen molar-refractivity contribution in [1.82, 2.24) is 5.32 Å². The second-order valence-corrected chi connectivity index (χ2v) is 6.41. The van der Waals surface area contributed by atoms with E-state index in [4.69, 9.17) is 11.6 Å². The van der Waals surface area contributed by atoms with E-state index in [9.17, 15) is 9.90 Å². The molecule has 116 valence electrons. The number of phenolic OH excluding ortho intramolecular Hbond substituents is 1. The average Bonchev–Trinajstić information content (AvgIpc) is 2.48. The highest BCUT2D eigenvalue weighted by molar-refractivity contribution is 6.30. The SMILES string of the molecule is CC(C)(CNC(=O)Cc1ccccc1O)c1cccc(Cl)c1. The van der Waals surface area contributed by atoms with Crippen LogP contribution in [0.3, 0.4) is 0 Å². The van der Waals surface area contributed by atoms with E-state index in [2.05, 4.69) is 19.2 Å². The largest absolute Gasteiger partial charge is 0.508 e. The van der Waals surface area contributed by atoms with Crippen LogP contribution >= 0.6 is 11.6 Å². The first-order valence-electron chi connectivity index (χ1n) is 7.18. The average molecular weight is 318 g/mol. The van der Waals surface area contributed by atoms with Crippen molar-refractivity contribution in [2.24, 2.45) is 0 Å². The summed E-state index contributed by atoms with van der Waals surface area (Å²) in [6, 6.07) is 14.5. The molecule has 0 aliphatic rings. The van der Waals surface area contributed by atoms with Gasteiger partial charge in [-0.25, -0.2) is 0 Å². The van der Waals surface area contributed by atoms with Crippen molar-refractivity contribution in [3.8, 4) is 5.75 Å². The molecule has 2 N–H and O–H groups in total. The highest BCUT2D eigenvalue weighted by Gasteiger charge is 2.21. The molecule has 0 saturated carbocycles. The molecular weight excluding hydrogens is 298 g/mol. The first kappa shape index (κ1) is 16.4. The number of carbonyl (C=O) groups is 1. The molecule has 0 saturated heterocycles. The van der Waals surface area contributed by atoms with Crippen molar-refractivity contribution in [2.75, 3.05) is 6.54 Å². The molecule has 4 heteroatoms. The number of aromatic hydroxyl groups is 1. The van der Waals surface area contributed by atoms with E-state index in [1.807, 2.05) is 24.3 Å². The van der Waals surface area contributed by atoms with E-state index in [1.165, 1.54) is 0 Å². The van der Waals surface area contributed by atoms with Gasteiger partial charge in [-0.1, -0.05) is 55.8 Å². The van der Waals surface area contributed by atoms with Crippen molar-refractivity contribution in [1.29, 1.82) is 0 Å². The van der Waals surface area contributed by atoms with E-state index in [-0.39, 0.29) is 23.5 Å². The maximum Gasteiger partial charge on any atom is 0.224 e. The lowest BCUT2D eigenvalue weighted by atomic mass is 9.84. The molecule has 22 heavy (non-hydrogen) atoms. The maximum atomic E-state index is 12.1. The molecule has 0 aliphatic heterocycles. The van der Waals surface area contributed by atoms with E-state index in [1.54, 1.807) is 24.3 Å². The summed E-state index contributed by atoms with van der Waals surface area (Å²) in [7, 11) is 0. The third-order valence-electron chi connectivity index (χ3n) is 3.68. The Morgan fingerprint density at radius 2 is 1.91 bits per heavy atom. The molecule has 0 radical (unpaired) electrons. The van der Waals surface area contributed by atoms with Gasteiger partial charge in [-0.15, -0.1) is 0 Å². The first-order valence-corrected chi connectivity index (χ1v) is 7.56. The third kappa shape index (κ3) is 4.25. The Morgan fingerprint density at radius 3 is 2.59 bits per heavy atom. The molecule has 3 nitrogen and oxygen atoms in total. The van der Waals surface area contributed by atoms with Crippen LogP contribution < -0.4 is 5.32 Å². The number of carbonyl (C=O) groups excluding carboxylic acids is 1. The lowest BCUT2D eigenvalue weighted by Crippen LogP contribution is -2.37. The number of halogens is 1. The molecule has 0 atom stereocenters. The van der Waals surface area contributed by atoms with Gasteiger partial charge in [0.05, 0.1) is 6.42 Å². The Balaban J connectivity index is 1.97. The summed E-state index contributed by atoms with van der Waals surface area (Å²) in [4.78, 5) is 12.1. The lowest BCUT2D eigenvalue weighted by Gasteiger charge is -2.26. The Kier molecular flexibility index (Phi) is 5.09. The van der Waals surface area contributed by atoms with Crippen molar-refractivity contribution in [3.63, 3.8) is 0 Å². The van der Waals surface area contributed by atoms with Gasteiger partial charge in [0.1, 0.15) is 5.75 Å². The predicted molar refractivity (Wildman–Crippen MR) is 89.3 cm³/mol. The highest BCUT2D eigenvalue weighted by Crippen LogP contribution is 2.25. The van der Waals surface area contributed by atoms with Crippen molar-refractivity contribution >= 4 is 17.5 Å². The molecule has 0 bridgehead atoms. The molecule has 2 rings (SSSR count). The molecule has 2 aromatic rings. The Morgan fingerprint density at radius 1 is 1.18 bits per heavy atom. The van der Waals surface area contributed by atoms with Crippen LogP contribution in [-0.2, 0) is 16.6 Å². The van der Waals surface area contributed by atoms with E-state index in [0.29, 0.717) is 17.1 Å². The van der Waals surface area contributed by atoms with Crippen molar-refractivity contribution < 1.29 is 9.90 Å². The summed E-state index contributed by atoms with van der Waals surface area (Å²) < 4.78 is 0. The Bertz CT molecular complexity index is 668. The summed E-state index contributed by atoms with van der Waals surface area (Å²) >= 11 is 6.02. The molecule has 0 spiro atoms. The number of benzene rings is 2. The van der Waals surface area contributed by atoms with Crippen LogP contribution in [0.25, 0.3) is 0 Å². The fourth-order valence-corrected chi connectivity index (χ4v) is 2.42. The quantitative estimate of drug-likeness (QED) is 0.883. The molecule has 0 aromatic heterocycles. The van der Waals surface area contributed by atoms with Crippen molar-refractivity contribution in [3.05, 3.63) is 64.7 Å². The van der Waals surface area contributed by atoms with Gasteiger partial charge < -0.3 is 10.4 Å². The minimum Gasteiger partial charge on any atom is -0.508 e. The van der Waals surface area contributed by atoms with Gasteiger partial charge in [0.15, 0.2) is 0 Å². The van der Waals surface area contributed by atoms with E-state index < -0.39 is 0 Å². The van der Waals surface area contributed by atoms with Gasteiger partial charge in [-0.3, -0.25) is 4.79 Å². The van der Waals surface area contributed by atoms with Crippen LogP contribution in [0.4, 0.5) is 0 Å². The zero-order valence-corrected chi connectivity index (χ0v) is 13.5. The maximum absolute atomic E-state index is 12.1. The van der Waals surface area contributed by atoms with Gasteiger partial charge >= 0.3 is 0 Å². The number of hydrogen-bond acceptors (Lipinski definition) is 2. The third-order valence-corrected chi connectivity index (χ3v) is 3.91. The predicted octanol–water partition coefficient (Wildman–Crippen LogP) is 3.68. The zero-order valence-electron chi connectivity index (χ0n) is 12.8. The summed E-state index contributed by atoms with van der Waals surface area (Å²) in [5.41, 5.74) is 1.47. The number of hydrogen-bond donors (Lipinski definition) is 2. The molecule has 0 unspecified atom stereocenters. The number of nitrogens with one attached hydrogen (secondary N) is 1. The van der Waals surface area contributed by atoms with Gasteiger partial charge in [0.2, 0.25) is 5.91 Å². The normalized spacial score (nSPS) is 11.2. The second kappa shape index (κ2) is 6.84. The monoisotopic (exact) mass is 317 g/mol. The molecule has 0 fully saturated rings. The van der Waals surface area contributed by atoms with Crippen LogP contribution in [0.5, 0.6) is 5.75 Å². The molecular formula is C18H20ClNO2. The molecule has 2 aromatic carbocycles. The summed E-state index contributed by atoms with van der Waals surface area (Å²) in [6.07, 6.45) is 0.165. The van der Waals surface area contributed by atoms with Gasteiger partial charge in [-0.05, 0) is 23.8 Å². The van der Waals surface area contributed by atoms with Gasteiger partial charge in [-0.2, -0.15) is 0 Å². The molecule has 0 heterocycles. The summed E-state index contributed by atoms with van der Waals surface area (Å²) in [5, 5.41) is 13.3. The number of amides is 1. The van der Waals surface area contributed by atoms with Gasteiger partial charge in [0.25, 0.3) is 0 Å².